The van der Waals surface area contributed by atoms with Crippen LogP contribution in [-0.2, 0) is 14.8 Å². The lowest BCUT2D eigenvalue weighted by Crippen LogP contribution is -2.44. The van der Waals surface area contributed by atoms with E-state index in [4.69, 9.17) is 0 Å². The van der Waals surface area contributed by atoms with Gasteiger partial charge < -0.3 is 0 Å². The van der Waals surface area contributed by atoms with Gasteiger partial charge in [0.25, 0.3) is 0 Å². The van der Waals surface area contributed by atoms with Crippen molar-refractivity contribution in [2.75, 3.05) is 13.1 Å². The van der Waals surface area contributed by atoms with Gasteiger partial charge in [-0.3, -0.25) is 4.79 Å². The maximum Gasteiger partial charge on any atom is 0.244 e. The largest absolute Gasteiger partial charge is 0.273 e. The van der Waals surface area contributed by atoms with Gasteiger partial charge in [-0.05, 0) is 44.0 Å². The molecule has 0 saturated carbocycles. The first-order chi connectivity index (χ1) is 12.5. The van der Waals surface area contributed by atoms with Crippen LogP contribution in [0.15, 0.2) is 52.5 Å². The minimum absolute atomic E-state index is 0.177. The van der Waals surface area contributed by atoms with Crippen molar-refractivity contribution in [3.8, 4) is 0 Å². The molecule has 1 saturated heterocycles. The van der Waals surface area contributed by atoms with Crippen molar-refractivity contribution in [2.24, 2.45) is 11.0 Å². The Morgan fingerprint density at radius 1 is 1.27 bits per heavy atom. The number of hydrogen-bond acceptors (Lipinski definition) is 5. The van der Waals surface area contributed by atoms with Crippen LogP contribution >= 0.6 is 11.3 Å². The summed E-state index contributed by atoms with van der Waals surface area (Å²) in [6.45, 7) is 2.61. The minimum Gasteiger partial charge on any atom is -0.273 e. The Kier molecular flexibility index (Phi) is 5.85. The van der Waals surface area contributed by atoms with Gasteiger partial charge in [-0.1, -0.05) is 18.2 Å². The molecular weight excluding hydrogens is 370 g/mol. The third-order valence-electron chi connectivity index (χ3n) is 4.26. The Hall–Kier alpha value is -2.03. The van der Waals surface area contributed by atoms with E-state index in [2.05, 4.69) is 10.5 Å². The molecule has 1 amide bonds. The van der Waals surface area contributed by atoms with Crippen LogP contribution in [-0.4, -0.2) is 37.9 Å². The number of carbonyl (C=O) groups excluding carboxylic acids is 1. The number of hydrogen-bond donors (Lipinski definition) is 1. The van der Waals surface area contributed by atoms with Crippen molar-refractivity contribution in [3.05, 3.63) is 52.2 Å². The molecule has 0 aliphatic carbocycles. The molecule has 138 valence electrons. The fourth-order valence-electron chi connectivity index (χ4n) is 2.89. The molecule has 0 radical (unpaired) electrons. The van der Waals surface area contributed by atoms with Gasteiger partial charge >= 0.3 is 0 Å². The SMILES string of the molecule is Cc1ccc(/C=N/NC(=O)C2CCCN(S(=O)(=O)c3ccccc3)C2)s1. The molecule has 26 heavy (non-hydrogen) atoms. The van der Waals surface area contributed by atoms with Gasteiger partial charge in [0, 0.05) is 22.8 Å². The van der Waals surface area contributed by atoms with Gasteiger partial charge in [-0.15, -0.1) is 11.3 Å². The molecule has 2 aromatic rings. The lowest BCUT2D eigenvalue weighted by atomic mass is 9.99. The average Bonchev–Trinajstić information content (AvgIpc) is 3.07. The van der Waals surface area contributed by atoms with Crippen LogP contribution in [0.5, 0.6) is 0 Å². The van der Waals surface area contributed by atoms with Gasteiger partial charge in [-0.25, -0.2) is 13.8 Å². The Morgan fingerprint density at radius 3 is 2.73 bits per heavy atom. The maximum atomic E-state index is 12.7. The molecule has 1 aliphatic heterocycles. The number of benzene rings is 1. The Labute approximate surface area is 157 Å². The van der Waals surface area contributed by atoms with Crippen LogP contribution < -0.4 is 5.43 Å². The smallest absolute Gasteiger partial charge is 0.244 e. The summed E-state index contributed by atoms with van der Waals surface area (Å²) in [5.41, 5.74) is 2.54. The zero-order chi connectivity index (χ0) is 18.6. The summed E-state index contributed by atoms with van der Waals surface area (Å²) < 4.78 is 26.8. The molecule has 1 unspecified atom stereocenters. The Bertz CT molecular complexity index is 891. The number of nitrogens with one attached hydrogen (secondary N) is 1. The lowest BCUT2D eigenvalue weighted by Gasteiger charge is -2.30. The third-order valence-corrected chi connectivity index (χ3v) is 7.08. The van der Waals surface area contributed by atoms with E-state index in [9.17, 15) is 13.2 Å². The van der Waals surface area contributed by atoms with E-state index in [0.29, 0.717) is 19.4 Å². The molecule has 1 aliphatic rings. The molecule has 1 N–H and O–H groups in total. The molecule has 8 heteroatoms. The predicted octanol–water partition coefficient (Wildman–Crippen LogP) is 2.61. The van der Waals surface area contributed by atoms with Gasteiger partial charge in [0.2, 0.25) is 15.9 Å². The van der Waals surface area contributed by atoms with Crippen molar-refractivity contribution >= 4 is 33.5 Å². The van der Waals surface area contributed by atoms with E-state index in [1.807, 2.05) is 19.1 Å². The van der Waals surface area contributed by atoms with Crippen molar-refractivity contribution in [2.45, 2.75) is 24.7 Å². The molecular formula is C18H21N3O3S2. The number of sulfonamides is 1. The monoisotopic (exact) mass is 391 g/mol. The first kappa shape index (κ1) is 18.8. The number of aryl methyl sites for hydroxylation is 1. The summed E-state index contributed by atoms with van der Waals surface area (Å²) in [5, 5.41) is 3.99. The highest BCUT2D eigenvalue weighted by atomic mass is 32.2. The van der Waals surface area contributed by atoms with Crippen LogP contribution in [0.2, 0.25) is 0 Å². The van der Waals surface area contributed by atoms with Gasteiger partial charge in [0.05, 0.1) is 17.0 Å². The van der Waals surface area contributed by atoms with E-state index in [1.165, 1.54) is 9.18 Å². The molecule has 1 aromatic carbocycles. The maximum absolute atomic E-state index is 12.7. The molecule has 2 heterocycles. The summed E-state index contributed by atoms with van der Waals surface area (Å²) >= 11 is 1.59. The van der Waals surface area contributed by atoms with Crippen LogP contribution in [0.1, 0.15) is 22.6 Å². The highest BCUT2D eigenvalue weighted by molar-refractivity contribution is 7.89. The number of piperidine rings is 1. The standard InChI is InChI=1S/C18H21N3O3S2/c1-14-9-10-16(25-14)12-19-20-18(22)15-6-5-11-21(13-15)26(23,24)17-7-3-2-4-8-17/h2-4,7-10,12,15H,5-6,11,13H2,1H3,(H,20,22)/b19-12+. The number of rotatable bonds is 5. The van der Waals surface area contributed by atoms with Gasteiger partial charge in [-0.2, -0.15) is 9.41 Å². The number of nitrogens with zero attached hydrogens (tertiary/aromatic N) is 2. The number of hydrazone groups is 1. The topological polar surface area (TPSA) is 78.8 Å². The fraction of sp³-hybridized carbons (Fsp3) is 0.333. The number of carbonyl (C=O) groups is 1. The predicted molar refractivity (Wildman–Crippen MR) is 103 cm³/mol. The minimum atomic E-state index is -3.57. The fourth-order valence-corrected chi connectivity index (χ4v) is 5.18. The summed E-state index contributed by atoms with van der Waals surface area (Å²) in [5.74, 6) is -0.646. The first-order valence-electron chi connectivity index (χ1n) is 8.41. The van der Waals surface area contributed by atoms with Crippen molar-refractivity contribution < 1.29 is 13.2 Å². The van der Waals surface area contributed by atoms with Crippen LogP contribution in [0, 0.1) is 12.8 Å². The zero-order valence-corrected chi connectivity index (χ0v) is 16.1. The molecule has 6 nitrogen and oxygen atoms in total. The number of amides is 1. The molecule has 1 fully saturated rings. The summed E-state index contributed by atoms with van der Waals surface area (Å²) in [6, 6.07) is 12.2. The summed E-state index contributed by atoms with van der Waals surface area (Å²) in [6.07, 6.45) is 2.91. The van der Waals surface area contributed by atoms with Crippen LogP contribution in [0.3, 0.4) is 0 Å². The Balaban J connectivity index is 1.62. The molecule has 3 rings (SSSR count). The normalized spacial score (nSPS) is 18.9. The first-order valence-corrected chi connectivity index (χ1v) is 10.7. The van der Waals surface area contributed by atoms with E-state index in [-0.39, 0.29) is 17.3 Å². The lowest BCUT2D eigenvalue weighted by molar-refractivity contribution is -0.126. The second-order valence-corrected chi connectivity index (χ2v) is 9.46. The summed E-state index contributed by atoms with van der Waals surface area (Å²) in [4.78, 5) is 14.7. The number of thiophene rings is 1. The van der Waals surface area contributed by atoms with Crippen molar-refractivity contribution in [1.82, 2.24) is 9.73 Å². The van der Waals surface area contributed by atoms with E-state index >= 15 is 0 Å². The average molecular weight is 392 g/mol. The molecule has 1 aromatic heterocycles. The van der Waals surface area contributed by atoms with Crippen molar-refractivity contribution in [1.29, 1.82) is 0 Å². The Morgan fingerprint density at radius 2 is 2.04 bits per heavy atom. The molecule has 0 spiro atoms. The highest BCUT2D eigenvalue weighted by Gasteiger charge is 2.33. The molecule has 0 bridgehead atoms. The second-order valence-electron chi connectivity index (χ2n) is 6.20. The van der Waals surface area contributed by atoms with E-state index in [1.54, 1.807) is 47.9 Å². The second kappa shape index (κ2) is 8.11. The quantitative estimate of drug-likeness (QED) is 0.629. The van der Waals surface area contributed by atoms with Crippen LogP contribution in [0.25, 0.3) is 0 Å². The van der Waals surface area contributed by atoms with Crippen molar-refractivity contribution in [3.63, 3.8) is 0 Å². The van der Waals surface area contributed by atoms with Gasteiger partial charge in [0.1, 0.15) is 0 Å². The van der Waals surface area contributed by atoms with Gasteiger partial charge in [0.15, 0.2) is 0 Å². The summed E-state index contributed by atoms with van der Waals surface area (Å²) in [7, 11) is -3.57. The van der Waals surface area contributed by atoms with Crippen LogP contribution in [0.4, 0.5) is 0 Å². The third kappa shape index (κ3) is 4.38. The highest BCUT2D eigenvalue weighted by Crippen LogP contribution is 2.23. The van der Waals surface area contributed by atoms with E-state index < -0.39 is 15.9 Å². The molecule has 1 atom stereocenters. The van der Waals surface area contributed by atoms with E-state index in [0.717, 1.165) is 4.88 Å². The zero-order valence-electron chi connectivity index (χ0n) is 14.5.